The highest BCUT2D eigenvalue weighted by Crippen LogP contribution is 2.09. The Morgan fingerprint density at radius 3 is 2.71 bits per heavy atom. The van der Waals surface area contributed by atoms with Crippen LogP contribution in [-0.2, 0) is 4.79 Å². The molecule has 114 valence electrons. The highest BCUT2D eigenvalue weighted by Gasteiger charge is 2.15. The van der Waals surface area contributed by atoms with Crippen molar-refractivity contribution in [3.8, 4) is 0 Å². The van der Waals surface area contributed by atoms with Crippen LogP contribution >= 0.6 is 0 Å². The quantitative estimate of drug-likeness (QED) is 0.707. The van der Waals surface area contributed by atoms with E-state index in [0.717, 1.165) is 18.9 Å². The second kappa shape index (κ2) is 8.86. The molecule has 0 aliphatic carbocycles. The average Bonchev–Trinajstić information content (AvgIpc) is 2.49. The van der Waals surface area contributed by atoms with E-state index in [1.54, 1.807) is 11.0 Å². The minimum absolute atomic E-state index is 0.0957. The van der Waals surface area contributed by atoms with Gasteiger partial charge in [-0.3, -0.25) is 9.78 Å². The number of nitrogens with zero attached hydrogens (tertiary/aromatic N) is 2. The van der Waals surface area contributed by atoms with Crippen LogP contribution in [0.2, 0.25) is 0 Å². The van der Waals surface area contributed by atoms with Crippen LogP contribution in [-0.4, -0.2) is 51.7 Å². The van der Waals surface area contributed by atoms with Crippen LogP contribution in [0.15, 0.2) is 24.5 Å². The third-order valence-electron chi connectivity index (χ3n) is 2.86. The van der Waals surface area contributed by atoms with Crippen LogP contribution in [0.1, 0.15) is 35.7 Å². The van der Waals surface area contributed by atoms with Crippen molar-refractivity contribution < 1.29 is 19.8 Å². The lowest BCUT2D eigenvalue weighted by Gasteiger charge is -2.21. The zero-order valence-corrected chi connectivity index (χ0v) is 12.0. The molecule has 0 atom stereocenters. The lowest BCUT2D eigenvalue weighted by Crippen LogP contribution is -2.34. The first-order valence-corrected chi connectivity index (χ1v) is 6.84. The number of carbonyl (C=O) groups is 2. The zero-order chi connectivity index (χ0) is 15.7. The number of aliphatic hydroxyl groups is 1. The van der Waals surface area contributed by atoms with Gasteiger partial charge in [0, 0.05) is 31.6 Å². The van der Waals surface area contributed by atoms with Gasteiger partial charge in [0.25, 0.3) is 5.91 Å². The summed E-state index contributed by atoms with van der Waals surface area (Å²) in [5.41, 5.74) is 0.926. The van der Waals surface area contributed by atoms with Crippen molar-refractivity contribution in [1.82, 2.24) is 9.88 Å². The number of rotatable bonds is 8. The molecule has 0 fully saturated rings. The van der Waals surface area contributed by atoms with E-state index in [2.05, 4.69) is 4.98 Å². The Bertz CT molecular complexity index is 514. The molecular weight excluding hydrogens is 272 g/mol. The molecule has 1 rings (SSSR count). The first-order chi connectivity index (χ1) is 10.1. The Balaban J connectivity index is 2.88. The Hall–Kier alpha value is -2.21. The van der Waals surface area contributed by atoms with Crippen molar-refractivity contribution in [1.29, 1.82) is 0 Å². The van der Waals surface area contributed by atoms with Gasteiger partial charge >= 0.3 is 5.97 Å². The molecule has 1 heterocycles. The van der Waals surface area contributed by atoms with Crippen molar-refractivity contribution in [2.45, 2.75) is 19.8 Å². The number of amides is 1. The standard InChI is InChI=1S/C15H20N2O4/c1-2-3-6-17(7-8-18)15(21)13-9-12(10-16-11-13)4-5-14(19)20/h4-5,9-11,18H,2-3,6-8H2,1H3,(H,19,20). The molecule has 6 nitrogen and oxygen atoms in total. The minimum Gasteiger partial charge on any atom is -0.478 e. The summed E-state index contributed by atoms with van der Waals surface area (Å²) in [7, 11) is 0. The Morgan fingerprint density at radius 2 is 2.10 bits per heavy atom. The van der Waals surface area contributed by atoms with Crippen molar-refractivity contribution in [3.05, 3.63) is 35.7 Å². The van der Waals surface area contributed by atoms with Crippen LogP contribution in [0.5, 0.6) is 0 Å². The molecule has 2 N–H and O–H groups in total. The van der Waals surface area contributed by atoms with Crippen molar-refractivity contribution in [2.75, 3.05) is 19.7 Å². The molecule has 0 aromatic carbocycles. The van der Waals surface area contributed by atoms with E-state index in [-0.39, 0.29) is 19.1 Å². The third-order valence-corrected chi connectivity index (χ3v) is 2.86. The highest BCUT2D eigenvalue weighted by atomic mass is 16.4. The smallest absolute Gasteiger partial charge is 0.328 e. The Labute approximate surface area is 123 Å². The monoisotopic (exact) mass is 292 g/mol. The fraction of sp³-hybridized carbons (Fsp3) is 0.400. The van der Waals surface area contributed by atoms with E-state index in [1.165, 1.54) is 18.5 Å². The lowest BCUT2D eigenvalue weighted by molar-refractivity contribution is -0.131. The van der Waals surface area contributed by atoms with Crippen LogP contribution in [0, 0.1) is 0 Å². The number of carboxylic acids is 1. The molecule has 1 amide bonds. The second-order valence-corrected chi connectivity index (χ2v) is 4.55. The van der Waals surface area contributed by atoms with Gasteiger partial charge in [-0.05, 0) is 24.1 Å². The van der Waals surface area contributed by atoms with Gasteiger partial charge in [-0.2, -0.15) is 0 Å². The van der Waals surface area contributed by atoms with E-state index in [0.29, 0.717) is 17.7 Å². The molecule has 0 aliphatic rings. The predicted molar refractivity (Wildman–Crippen MR) is 78.8 cm³/mol. The molecule has 0 saturated heterocycles. The van der Waals surface area contributed by atoms with E-state index in [4.69, 9.17) is 10.2 Å². The maximum atomic E-state index is 12.4. The summed E-state index contributed by atoms with van der Waals surface area (Å²) in [6, 6.07) is 1.59. The summed E-state index contributed by atoms with van der Waals surface area (Å²) in [5, 5.41) is 17.6. The van der Waals surface area contributed by atoms with Crippen LogP contribution in [0.3, 0.4) is 0 Å². The Kier molecular flexibility index (Phi) is 7.11. The van der Waals surface area contributed by atoms with Crippen molar-refractivity contribution in [3.63, 3.8) is 0 Å². The summed E-state index contributed by atoms with van der Waals surface area (Å²) in [6.07, 6.45) is 7.12. The molecule has 1 aromatic heterocycles. The number of carbonyl (C=O) groups excluding carboxylic acids is 1. The van der Waals surface area contributed by atoms with Gasteiger partial charge in [0.1, 0.15) is 0 Å². The summed E-state index contributed by atoms with van der Waals surface area (Å²) >= 11 is 0. The van der Waals surface area contributed by atoms with Gasteiger partial charge in [0.15, 0.2) is 0 Å². The summed E-state index contributed by atoms with van der Waals surface area (Å²) < 4.78 is 0. The van der Waals surface area contributed by atoms with Crippen LogP contribution < -0.4 is 0 Å². The maximum Gasteiger partial charge on any atom is 0.328 e. The zero-order valence-electron chi connectivity index (χ0n) is 12.0. The summed E-state index contributed by atoms with van der Waals surface area (Å²) in [5.74, 6) is -1.27. The van der Waals surface area contributed by atoms with E-state index >= 15 is 0 Å². The minimum atomic E-state index is -1.06. The number of aliphatic carboxylic acids is 1. The number of unbranched alkanes of at least 4 members (excludes halogenated alkanes) is 1. The molecule has 6 heteroatoms. The van der Waals surface area contributed by atoms with E-state index < -0.39 is 5.97 Å². The van der Waals surface area contributed by atoms with E-state index in [1.807, 2.05) is 6.92 Å². The fourth-order valence-electron chi connectivity index (χ4n) is 1.80. The number of hydrogen-bond donors (Lipinski definition) is 2. The average molecular weight is 292 g/mol. The van der Waals surface area contributed by atoms with Crippen LogP contribution in [0.25, 0.3) is 6.08 Å². The second-order valence-electron chi connectivity index (χ2n) is 4.55. The van der Waals surface area contributed by atoms with Gasteiger partial charge in [-0.15, -0.1) is 0 Å². The van der Waals surface area contributed by atoms with Gasteiger partial charge in [-0.1, -0.05) is 13.3 Å². The summed E-state index contributed by atoms with van der Waals surface area (Å²) in [4.78, 5) is 28.4. The highest BCUT2D eigenvalue weighted by molar-refractivity contribution is 5.94. The molecular formula is C15H20N2O4. The van der Waals surface area contributed by atoms with Gasteiger partial charge in [0.2, 0.25) is 0 Å². The lowest BCUT2D eigenvalue weighted by atomic mass is 10.1. The van der Waals surface area contributed by atoms with Crippen molar-refractivity contribution >= 4 is 18.0 Å². The number of hydrogen-bond acceptors (Lipinski definition) is 4. The Morgan fingerprint density at radius 1 is 1.33 bits per heavy atom. The number of aromatic nitrogens is 1. The molecule has 0 unspecified atom stereocenters. The number of aliphatic hydroxyl groups excluding tert-OH is 1. The largest absolute Gasteiger partial charge is 0.478 e. The maximum absolute atomic E-state index is 12.4. The van der Waals surface area contributed by atoms with Gasteiger partial charge < -0.3 is 15.1 Å². The van der Waals surface area contributed by atoms with Gasteiger partial charge in [-0.25, -0.2) is 4.79 Å². The first-order valence-electron chi connectivity index (χ1n) is 6.84. The van der Waals surface area contributed by atoms with Crippen LogP contribution in [0.4, 0.5) is 0 Å². The normalized spacial score (nSPS) is 10.8. The fourth-order valence-corrected chi connectivity index (χ4v) is 1.80. The summed E-state index contributed by atoms with van der Waals surface area (Å²) in [6.45, 7) is 2.78. The first kappa shape index (κ1) is 16.8. The van der Waals surface area contributed by atoms with E-state index in [9.17, 15) is 9.59 Å². The number of carboxylic acid groups (broad SMARTS) is 1. The molecule has 0 spiro atoms. The molecule has 0 saturated carbocycles. The van der Waals surface area contributed by atoms with Gasteiger partial charge in [0.05, 0.1) is 12.2 Å². The predicted octanol–water partition coefficient (Wildman–Crippen LogP) is 1.41. The molecule has 0 radical (unpaired) electrons. The topological polar surface area (TPSA) is 90.7 Å². The molecule has 0 bridgehead atoms. The molecule has 21 heavy (non-hydrogen) atoms. The molecule has 1 aromatic rings. The number of pyridine rings is 1. The van der Waals surface area contributed by atoms with Crippen molar-refractivity contribution in [2.24, 2.45) is 0 Å². The molecule has 0 aliphatic heterocycles. The third kappa shape index (κ3) is 5.74. The SMILES string of the molecule is CCCCN(CCO)C(=O)c1cncc(C=CC(=O)O)c1.